The highest BCUT2D eigenvalue weighted by molar-refractivity contribution is 5.85. The molecule has 0 aromatic rings. The van der Waals surface area contributed by atoms with Crippen molar-refractivity contribution in [3.8, 4) is 0 Å². The highest BCUT2D eigenvalue weighted by Crippen LogP contribution is 1.89. The minimum absolute atomic E-state index is 0.987. The molecule has 0 saturated heterocycles. The largest absolute Gasteiger partial charge is 0.161 e. The predicted octanol–water partition coefficient (Wildman–Crippen LogP) is 2.64. The Morgan fingerprint density at radius 1 is 0.900 bits per heavy atom. The lowest BCUT2D eigenvalue weighted by Crippen LogP contribution is -1.89. The van der Waals surface area contributed by atoms with Crippen LogP contribution in [-0.4, -0.2) is 11.4 Å². The van der Waals surface area contributed by atoms with Crippen LogP contribution >= 0.6 is 0 Å². The first-order valence-corrected chi connectivity index (χ1v) is 3.77. The molecule has 0 fully saturated rings. The van der Waals surface area contributed by atoms with Crippen molar-refractivity contribution in [3.63, 3.8) is 0 Å². The van der Waals surface area contributed by atoms with Crippen LogP contribution in [0, 0.1) is 0 Å². The van der Waals surface area contributed by atoms with E-state index in [1.807, 2.05) is 13.8 Å². The van der Waals surface area contributed by atoms with Gasteiger partial charge in [-0.3, -0.25) is 0 Å². The van der Waals surface area contributed by atoms with Gasteiger partial charge in [0.1, 0.15) is 0 Å². The molecule has 0 rings (SSSR count). The van der Waals surface area contributed by atoms with Crippen molar-refractivity contribution >= 4 is 11.4 Å². The normalized spacial score (nSPS) is 14.0. The van der Waals surface area contributed by atoms with E-state index in [0.29, 0.717) is 0 Å². The van der Waals surface area contributed by atoms with Crippen molar-refractivity contribution in [2.24, 2.45) is 10.2 Å². The molecule has 0 aliphatic carbocycles. The Bertz CT molecular complexity index is 127. The molecule has 0 aliphatic heterocycles. The van der Waals surface area contributed by atoms with Crippen LogP contribution in [0.1, 0.15) is 40.5 Å². The average Bonchev–Trinajstić information content (AvgIpc) is 1.99. The van der Waals surface area contributed by atoms with Gasteiger partial charge in [0.15, 0.2) is 0 Å². The van der Waals surface area contributed by atoms with Gasteiger partial charge in [-0.05, 0) is 26.7 Å². The van der Waals surface area contributed by atoms with Crippen molar-refractivity contribution in [1.82, 2.24) is 0 Å². The number of hydrogen-bond donors (Lipinski definition) is 0. The lowest BCUT2D eigenvalue weighted by atomic mass is 10.3. The van der Waals surface area contributed by atoms with Crippen molar-refractivity contribution in [1.29, 1.82) is 0 Å². The summed E-state index contributed by atoms with van der Waals surface area (Å²) >= 11 is 0. The zero-order valence-electron chi connectivity index (χ0n) is 7.31. The molecule has 0 amide bonds. The quantitative estimate of drug-likeness (QED) is 0.425. The van der Waals surface area contributed by atoms with Crippen molar-refractivity contribution in [2.45, 2.75) is 40.5 Å². The van der Waals surface area contributed by atoms with E-state index in [1.165, 1.54) is 0 Å². The molecule has 0 bridgehead atoms. The Hall–Kier alpha value is -0.660. The van der Waals surface area contributed by atoms with Gasteiger partial charge in [0, 0.05) is 11.4 Å². The number of nitrogens with zero attached hydrogens (tertiary/aromatic N) is 2. The summed E-state index contributed by atoms with van der Waals surface area (Å²) < 4.78 is 0. The van der Waals surface area contributed by atoms with E-state index >= 15 is 0 Å². The maximum atomic E-state index is 4.02. The molecule has 10 heavy (non-hydrogen) atoms. The third kappa shape index (κ3) is 4.24. The second-order valence-electron chi connectivity index (χ2n) is 2.38. The van der Waals surface area contributed by atoms with E-state index in [-0.39, 0.29) is 0 Å². The van der Waals surface area contributed by atoms with E-state index in [1.54, 1.807) is 0 Å². The summed E-state index contributed by atoms with van der Waals surface area (Å²) in [7, 11) is 0. The molecule has 0 heterocycles. The van der Waals surface area contributed by atoms with Gasteiger partial charge in [-0.2, -0.15) is 10.2 Å². The molecule has 0 spiro atoms. The lowest BCUT2D eigenvalue weighted by molar-refractivity contribution is 1.12. The molecule has 0 saturated carbocycles. The summed E-state index contributed by atoms with van der Waals surface area (Å²) in [6, 6.07) is 0. The minimum atomic E-state index is 0.987. The standard InChI is InChI=1S/C8H16N2/c1-5-7(3)9-10-8(4)6-2/h5-6H2,1-4H3. The fraction of sp³-hybridized carbons (Fsp3) is 0.750. The fourth-order valence-corrected chi connectivity index (χ4v) is 0.312. The Morgan fingerprint density at radius 3 is 1.40 bits per heavy atom. The Balaban J connectivity index is 3.91. The van der Waals surface area contributed by atoms with Crippen LogP contribution in [0.25, 0.3) is 0 Å². The number of rotatable bonds is 3. The van der Waals surface area contributed by atoms with Crippen molar-refractivity contribution in [2.75, 3.05) is 0 Å². The van der Waals surface area contributed by atoms with Gasteiger partial charge < -0.3 is 0 Å². The molecule has 2 nitrogen and oxygen atoms in total. The van der Waals surface area contributed by atoms with E-state index < -0.39 is 0 Å². The maximum Gasteiger partial charge on any atom is 0.0372 e. The molecular weight excluding hydrogens is 124 g/mol. The van der Waals surface area contributed by atoms with Crippen LogP contribution in [0.5, 0.6) is 0 Å². The Morgan fingerprint density at radius 2 is 1.20 bits per heavy atom. The van der Waals surface area contributed by atoms with E-state index in [9.17, 15) is 0 Å². The predicted molar refractivity (Wildman–Crippen MR) is 46.8 cm³/mol. The van der Waals surface area contributed by atoms with Gasteiger partial charge in [-0.15, -0.1) is 0 Å². The van der Waals surface area contributed by atoms with E-state index in [2.05, 4.69) is 24.1 Å². The summed E-state index contributed by atoms with van der Waals surface area (Å²) in [6.45, 7) is 8.14. The highest BCUT2D eigenvalue weighted by atomic mass is 15.2. The molecule has 2 heteroatoms. The summed E-state index contributed by atoms with van der Waals surface area (Å²) in [4.78, 5) is 0. The smallest absolute Gasteiger partial charge is 0.0372 e. The van der Waals surface area contributed by atoms with Gasteiger partial charge in [-0.1, -0.05) is 13.8 Å². The molecule has 0 radical (unpaired) electrons. The van der Waals surface area contributed by atoms with Gasteiger partial charge in [0.2, 0.25) is 0 Å². The van der Waals surface area contributed by atoms with Gasteiger partial charge in [0.05, 0.1) is 0 Å². The molecule has 0 aromatic heterocycles. The molecular formula is C8H16N2. The first kappa shape index (κ1) is 9.34. The van der Waals surface area contributed by atoms with Crippen molar-refractivity contribution < 1.29 is 0 Å². The maximum absolute atomic E-state index is 4.02. The molecule has 0 atom stereocenters. The summed E-state index contributed by atoms with van der Waals surface area (Å²) in [5.74, 6) is 0. The van der Waals surface area contributed by atoms with E-state index in [4.69, 9.17) is 0 Å². The van der Waals surface area contributed by atoms with Gasteiger partial charge >= 0.3 is 0 Å². The molecule has 0 aromatic carbocycles. The zero-order valence-corrected chi connectivity index (χ0v) is 7.31. The molecule has 0 unspecified atom stereocenters. The Labute approximate surface area is 63.1 Å². The second-order valence-corrected chi connectivity index (χ2v) is 2.38. The van der Waals surface area contributed by atoms with Crippen LogP contribution in [0.2, 0.25) is 0 Å². The van der Waals surface area contributed by atoms with Crippen LogP contribution in [-0.2, 0) is 0 Å². The molecule has 0 N–H and O–H groups in total. The first-order valence-electron chi connectivity index (χ1n) is 3.77. The van der Waals surface area contributed by atoms with Crippen LogP contribution < -0.4 is 0 Å². The minimum Gasteiger partial charge on any atom is -0.161 e. The second kappa shape index (κ2) is 5.15. The summed E-state index contributed by atoms with van der Waals surface area (Å²) in [6.07, 6.45) is 1.97. The zero-order chi connectivity index (χ0) is 7.98. The fourth-order valence-electron chi connectivity index (χ4n) is 0.312. The van der Waals surface area contributed by atoms with Crippen LogP contribution in [0.4, 0.5) is 0 Å². The van der Waals surface area contributed by atoms with Crippen molar-refractivity contribution in [3.05, 3.63) is 0 Å². The summed E-state index contributed by atoms with van der Waals surface area (Å²) in [5, 5.41) is 8.04. The SMILES string of the molecule is CCC(C)=NN=C(C)CC. The lowest BCUT2D eigenvalue weighted by Gasteiger charge is -1.91. The third-order valence-corrected chi connectivity index (χ3v) is 1.41. The first-order chi connectivity index (χ1) is 4.70. The topological polar surface area (TPSA) is 24.7 Å². The molecule has 0 aliphatic rings. The molecule has 58 valence electrons. The average molecular weight is 140 g/mol. The third-order valence-electron chi connectivity index (χ3n) is 1.41. The Kier molecular flexibility index (Phi) is 4.81. The number of hydrogen-bond acceptors (Lipinski definition) is 2. The van der Waals surface area contributed by atoms with Gasteiger partial charge in [-0.25, -0.2) is 0 Å². The van der Waals surface area contributed by atoms with Gasteiger partial charge in [0.25, 0.3) is 0 Å². The van der Waals surface area contributed by atoms with Crippen LogP contribution in [0.3, 0.4) is 0 Å². The van der Waals surface area contributed by atoms with Crippen LogP contribution in [0.15, 0.2) is 10.2 Å². The summed E-state index contributed by atoms with van der Waals surface area (Å²) in [5.41, 5.74) is 2.18. The highest BCUT2D eigenvalue weighted by Gasteiger charge is 1.84. The monoisotopic (exact) mass is 140 g/mol. The van der Waals surface area contributed by atoms with E-state index in [0.717, 1.165) is 24.3 Å².